The molecule has 2 aromatic heterocycles. The minimum Gasteiger partial charge on any atom is -0.350 e. The monoisotopic (exact) mass is 342 g/mol. The Balaban J connectivity index is 1.57. The smallest absolute Gasteiger partial charge is 0.269 e. The maximum Gasteiger partial charge on any atom is 0.269 e. The molecule has 1 N–H and O–H groups in total. The van der Waals surface area contributed by atoms with Crippen molar-refractivity contribution in [2.45, 2.75) is 5.16 Å². The zero-order chi connectivity index (χ0) is 16.9. The van der Waals surface area contributed by atoms with Crippen LogP contribution < -0.4 is 5.32 Å². The highest BCUT2D eigenvalue weighted by Gasteiger charge is 2.13. The average molecular weight is 342 g/mol. The summed E-state index contributed by atoms with van der Waals surface area (Å²) < 4.78 is 3.45. The van der Waals surface area contributed by atoms with Gasteiger partial charge in [-0.25, -0.2) is 0 Å². The molecule has 0 saturated heterocycles. The van der Waals surface area contributed by atoms with Gasteiger partial charge in [0.2, 0.25) is 0 Å². The largest absolute Gasteiger partial charge is 0.350 e. The van der Waals surface area contributed by atoms with Crippen LogP contribution in [0.1, 0.15) is 10.5 Å². The van der Waals surface area contributed by atoms with Crippen molar-refractivity contribution in [2.75, 3.05) is 12.3 Å². The Bertz CT molecular complexity index is 826. The van der Waals surface area contributed by atoms with E-state index in [1.807, 2.05) is 41.9 Å². The van der Waals surface area contributed by atoms with Gasteiger partial charge in [-0.2, -0.15) is 5.10 Å². The van der Waals surface area contributed by atoms with Crippen molar-refractivity contribution in [2.24, 2.45) is 14.1 Å². The summed E-state index contributed by atoms with van der Waals surface area (Å²) in [7, 11) is 3.66. The number of rotatable bonds is 6. The average Bonchev–Trinajstić information content (AvgIpc) is 3.18. The lowest BCUT2D eigenvalue weighted by Crippen LogP contribution is -2.27. The topological polar surface area (TPSA) is 77.6 Å². The summed E-state index contributed by atoms with van der Waals surface area (Å²) in [5.74, 6) is 0.590. The van der Waals surface area contributed by atoms with Crippen molar-refractivity contribution in [3.05, 3.63) is 48.4 Å². The lowest BCUT2D eigenvalue weighted by atomic mass is 10.1. The standard InChI is InChI=1S/C16H18N6OS/c1-21-11-18-19-16(21)24-9-8-17-15(23)14-10-13(20-22(14)2)12-6-4-3-5-7-12/h3-7,10-11H,8-9H2,1-2H3,(H,17,23). The van der Waals surface area contributed by atoms with E-state index in [1.165, 1.54) is 0 Å². The molecule has 24 heavy (non-hydrogen) atoms. The van der Waals surface area contributed by atoms with Crippen LogP contribution in [0.15, 0.2) is 47.9 Å². The molecule has 0 unspecified atom stereocenters. The van der Waals surface area contributed by atoms with Crippen molar-refractivity contribution < 1.29 is 4.79 Å². The number of thioether (sulfide) groups is 1. The predicted molar refractivity (Wildman–Crippen MR) is 92.7 cm³/mol. The zero-order valence-electron chi connectivity index (χ0n) is 13.5. The van der Waals surface area contributed by atoms with E-state index in [0.29, 0.717) is 12.2 Å². The number of amides is 1. The van der Waals surface area contributed by atoms with E-state index in [9.17, 15) is 4.79 Å². The first-order valence-corrected chi connectivity index (χ1v) is 8.48. The number of hydrogen-bond donors (Lipinski definition) is 1. The third kappa shape index (κ3) is 3.65. The molecule has 3 aromatic rings. The van der Waals surface area contributed by atoms with E-state index in [4.69, 9.17) is 0 Å². The SMILES string of the molecule is Cn1cnnc1SCCNC(=O)c1cc(-c2ccccc2)nn1C. The molecule has 2 heterocycles. The normalized spacial score (nSPS) is 10.8. The Labute approximate surface area is 144 Å². The van der Waals surface area contributed by atoms with E-state index in [2.05, 4.69) is 20.6 Å². The molecule has 0 spiro atoms. The van der Waals surface area contributed by atoms with E-state index >= 15 is 0 Å². The van der Waals surface area contributed by atoms with Crippen LogP contribution in [0.25, 0.3) is 11.3 Å². The highest BCUT2D eigenvalue weighted by atomic mass is 32.2. The van der Waals surface area contributed by atoms with Gasteiger partial charge in [-0.05, 0) is 6.07 Å². The molecule has 0 aliphatic carbocycles. The molecule has 0 fully saturated rings. The number of hydrogen-bond acceptors (Lipinski definition) is 5. The summed E-state index contributed by atoms with van der Waals surface area (Å²) in [4.78, 5) is 12.3. The number of benzene rings is 1. The lowest BCUT2D eigenvalue weighted by Gasteiger charge is -2.04. The molecule has 0 aliphatic heterocycles. The quantitative estimate of drug-likeness (QED) is 0.545. The van der Waals surface area contributed by atoms with Crippen LogP contribution >= 0.6 is 11.8 Å². The van der Waals surface area contributed by atoms with Gasteiger partial charge < -0.3 is 9.88 Å². The second-order valence-electron chi connectivity index (χ2n) is 5.23. The van der Waals surface area contributed by atoms with Crippen LogP contribution in [-0.2, 0) is 14.1 Å². The second kappa shape index (κ2) is 7.31. The van der Waals surface area contributed by atoms with Gasteiger partial charge in [0.1, 0.15) is 12.0 Å². The molecule has 0 bridgehead atoms. The Kier molecular flexibility index (Phi) is 4.95. The van der Waals surface area contributed by atoms with Crippen LogP contribution in [0.3, 0.4) is 0 Å². The van der Waals surface area contributed by atoms with Gasteiger partial charge in [0, 0.05) is 32.0 Å². The molecular weight excluding hydrogens is 324 g/mol. The summed E-state index contributed by atoms with van der Waals surface area (Å²) in [6.45, 7) is 0.544. The maximum atomic E-state index is 12.3. The third-order valence-electron chi connectivity index (χ3n) is 3.47. The van der Waals surface area contributed by atoms with Gasteiger partial charge in [-0.3, -0.25) is 9.48 Å². The molecule has 0 saturated carbocycles. The van der Waals surface area contributed by atoms with E-state index in [1.54, 1.807) is 35.9 Å². The molecule has 7 nitrogen and oxygen atoms in total. The molecule has 0 radical (unpaired) electrons. The van der Waals surface area contributed by atoms with Gasteiger partial charge >= 0.3 is 0 Å². The number of nitrogens with one attached hydrogen (secondary N) is 1. The molecule has 0 atom stereocenters. The van der Waals surface area contributed by atoms with Crippen LogP contribution in [-0.4, -0.2) is 42.7 Å². The van der Waals surface area contributed by atoms with Crippen molar-refractivity contribution in [3.63, 3.8) is 0 Å². The van der Waals surface area contributed by atoms with E-state index in [-0.39, 0.29) is 5.91 Å². The van der Waals surface area contributed by atoms with E-state index in [0.717, 1.165) is 22.2 Å². The van der Waals surface area contributed by atoms with Gasteiger partial charge in [-0.15, -0.1) is 10.2 Å². The molecule has 1 amide bonds. The van der Waals surface area contributed by atoms with Crippen LogP contribution in [0, 0.1) is 0 Å². The summed E-state index contributed by atoms with van der Waals surface area (Å²) in [5.41, 5.74) is 2.32. The fourth-order valence-corrected chi connectivity index (χ4v) is 2.97. The fraction of sp³-hybridized carbons (Fsp3) is 0.250. The first-order valence-electron chi connectivity index (χ1n) is 7.49. The van der Waals surface area contributed by atoms with Crippen molar-refractivity contribution in [1.82, 2.24) is 29.9 Å². The van der Waals surface area contributed by atoms with Gasteiger partial charge in [-0.1, -0.05) is 42.1 Å². The minimum absolute atomic E-state index is 0.134. The minimum atomic E-state index is -0.134. The highest BCUT2D eigenvalue weighted by molar-refractivity contribution is 7.99. The maximum absolute atomic E-state index is 12.3. The highest BCUT2D eigenvalue weighted by Crippen LogP contribution is 2.18. The molecule has 0 aliphatic rings. The molecular formula is C16H18N6OS. The summed E-state index contributed by atoms with van der Waals surface area (Å²) in [6, 6.07) is 11.6. The van der Waals surface area contributed by atoms with Crippen LogP contribution in [0.5, 0.6) is 0 Å². The third-order valence-corrected chi connectivity index (χ3v) is 4.51. The van der Waals surface area contributed by atoms with Crippen LogP contribution in [0.4, 0.5) is 0 Å². The van der Waals surface area contributed by atoms with Gasteiger partial charge in [0.25, 0.3) is 5.91 Å². The number of carbonyl (C=O) groups is 1. The first kappa shape index (κ1) is 16.3. The predicted octanol–water partition coefficient (Wildman–Crippen LogP) is 1.74. The lowest BCUT2D eigenvalue weighted by molar-refractivity contribution is 0.0947. The Morgan fingerprint density at radius 2 is 2.04 bits per heavy atom. The second-order valence-corrected chi connectivity index (χ2v) is 6.30. The Morgan fingerprint density at radius 3 is 2.75 bits per heavy atom. The van der Waals surface area contributed by atoms with Crippen molar-refractivity contribution in [3.8, 4) is 11.3 Å². The molecule has 8 heteroatoms. The van der Waals surface area contributed by atoms with Crippen molar-refractivity contribution in [1.29, 1.82) is 0 Å². The molecule has 1 aromatic carbocycles. The van der Waals surface area contributed by atoms with Crippen molar-refractivity contribution >= 4 is 17.7 Å². The zero-order valence-corrected chi connectivity index (χ0v) is 14.3. The number of aryl methyl sites for hydroxylation is 2. The Morgan fingerprint density at radius 1 is 1.25 bits per heavy atom. The fourth-order valence-electron chi connectivity index (χ4n) is 2.23. The first-order chi connectivity index (χ1) is 11.6. The summed E-state index contributed by atoms with van der Waals surface area (Å²) in [5, 5.41) is 16.0. The number of nitrogens with zero attached hydrogens (tertiary/aromatic N) is 5. The molecule has 124 valence electrons. The number of aromatic nitrogens is 5. The van der Waals surface area contributed by atoms with Crippen LogP contribution in [0.2, 0.25) is 0 Å². The molecule has 3 rings (SSSR count). The van der Waals surface area contributed by atoms with Gasteiger partial charge in [0.05, 0.1) is 5.69 Å². The van der Waals surface area contributed by atoms with Gasteiger partial charge in [0.15, 0.2) is 5.16 Å². The summed E-state index contributed by atoms with van der Waals surface area (Å²) >= 11 is 1.55. The Hall–Kier alpha value is -2.61. The number of carbonyl (C=O) groups excluding carboxylic acids is 1. The summed E-state index contributed by atoms with van der Waals surface area (Å²) in [6.07, 6.45) is 1.65. The van der Waals surface area contributed by atoms with E-state index < -0.39 is 0 Å².